The Bertz CT molecular complexity index is 460. The third kappa shape index (κ3) is 4.05. The monoisotopic (exact) mass is 288 g/mol. The van der Waals surface area contributed by atoms with E-state index in [2.05, 4.69) is 24.9 Å². The highest BCUT2D eigenvalue weighted by molar-refractivity contribution is 6.20. The smallest absolute Gasteiger partial charge is 0.259 e. The second-order valence-corrected chi connectivity index (χ2v) is 5.94. The molecule has 3 nitrogen and oxygen atoms in total. The van der Waals surface area contributed by atoms with Gasteiger partial charge in [0.25, 0.3) is 5.91 Å². The van der Waals surface area contributed by atoms with Crippen LogP contribution in [-0.2, 0) is 4.79 Å². The van der Waals surface area contributed by atoms with Gasteiger partial charge in [0.05, 0.1) is 0 Å². The number of allylic oxidation sites excluding steroid dienone is 1. The molecule has 2 aliphatic rings. The molecular formula is C18H28N2O. The Balaban J connectivity index is 2.16. The minimum Gasteiger partial charge on any atom is -0.293 e. The molecule has 0 fully saturated rings. The molecule has 0 saturated carbocycles. The molecule has 0 spiro atoms. The van der Waals surface area contributed by atoms with Crippen LogP contribution in [0.5, 0.6) is 0 Å². The number of hydrogen-bond donors (Lipinski definition) is 0. The number of rotatable bonds is 7. The number of hydrogen-bond acceptors (Lipinski definition) is 2. The molecule has 0 aromatic carbocycles. The second kappa shape index (κ2) is 8.16. The van der Waals surface area contributed by atoms with E-state index in [9.17, 15) is 4.79 Å². The summed E-state index contributed by atoms with van der Waals surface area (Å²) in [5.41, 5.74) is 2.15. The molecule has 1 amide bonds. The van der Waals surface area contributed by atoms with Crippen LogP contribution < -0.4 is 0 Å². The molecule has 21 heavy (non-hydrogen) atoms. The first-order valence-electron chi connectivity index (χ1n) is 8.55. The van der Waals surface area contributed by atoms with Crippen LogP contribution in [0.4, 0.5) is 0 Å². The molecular weight excluding hydrogens is 260 g/mol. The number of amidine groups is 1. The maximum atomic E-state index is 12.7. The quantitative estimate of drug-likeness (QED) is 0.644. The lowest BCUT2D eigenvalue weighted by Crippen LogP contribution is -2.32. The summed E-state index contributed by atoms with van der Waals surface area (Å²) in [4.78, 5) is 19.2. The standard InChI is InChI=1S/C18H28N2O/c1-3-5-12-19-17-14-16(15-10-8-7-9-11-15)18(21)20(17)13-6-4-2/h10,14H,3-9,11-13H2,1-2H3. The van der Waals surface area contributed by atoms with Crippen LogP contribution in [-0.4, -0.2) is 29.7 Å². The number of amides is 1. The van der Waals surface area contributed by atoms with E-state index in [-0.39, 0.29) is 5.91 Å². The fraction of sp³-hybridized carbons (Fsp3) is 0.667. The van der Waals surface area contributed by atoms with Gasteiger partial charge in [-0.15, -0.1) is 0 Å². The van der Waals surface area contributed by atoms with Gasteiger partial charge in [-0.05, 0) is 50.2 Å². The van der Waals surface area contributed by atoms with Crippen molar-refractivity contribution >= 4 is 11.7 Å². The Kier molecular flexibility index (Phi) is 6.21. The van der Waals surface area contributed by atoms with Crippen LogP contribution in [0.1, 0.15) is 65.2 Å². The number of nitrogens with zero attached hydrogens (tertiary/aromatic N) is 2. The highest BCUT2D eigenvalue weighted by Gasteiger charge is 2.30. The Labute approximate surface area is 128 Å². The minimum absolute atomic E-state index is 0.173. The Morgan fingerprint density at radius 3 is 2.67 bits per heavy atom. The largest absolute Gasteiger partial charge is 0.293 e. The van der Waals surface area contributed by atoms with Gasteiger partial charge in [-0.2, -0.15) is 0 Å². The first-order chi connectivity index (χ1) is 10.3. The molecule has 0 atom stereocenters. The summed E-state index contributed by atoms with van der Waals surface area (Å²) in [7, 11) is 0. The zero-order chi connectivity index (χ0) is 15.1. The first kappa shape index (κ1) is 16.0. The van der Waals surface area contributed by atoms with Crippen molar-refractivity contribution < 1.29 is 4.79 Å². The van der Waals surface area contributed by atoms with Crippen molar-refractivity contribution in [2.75, 3.05) is 13.1 Å². The summed E-state index contributed by atoms with van der Waals surface area (Å²) in [6, 6.07) is 0. The molecule has 2 rings (SSSR count). The molecule has 1 aliphatic heterocycles. The summed E-state index contributed by atoms with van der Waals surface area (Å²) in [5, 5.41) is 0. The molecule has 0 unspecified atom stereocenters. The fourth-order valence-corrected chi connectivity index (χ4v) is 2.85. The van der Waals surface area contributed by atoms with Gasteiger partial charge < -0.3 is 0 Å². The van der Waals surface area contributed by atoms with Crippen molar-refractivity contribution in [2.45, 2.75) is 65.2 Å². The van der Waals surface area contributed by atoms with E-state index in [1.54, 1.807) is 0 Å². The topological polar surface area (TPSA) is 32.7 Å². The third-order valence-corrected chi connectivity index (χ3v) is 4.18. The Morgan fingerprint density at radius 2 is 2.00 bits per heavy atom. The summed E-state index contributed by atoms with van der Waals surface area (Å²) in [6.45, 7) is 5.95. The molecule has 0 radical (unpaired) electrons. The summed E-state index contributed by atoms with van der Waals surface area (Å²) < 4.78 is 0. The molecule has 0 N–H and O–H groups in total. The highest BCUT2D eigenvalue weighted by atomic mass is 16.2. The number of carbonyl (C=O) groups is 1. The lowest BCUT2D eigenvalue weighted by Gasteiger charge is -2.18. The first-order valence-corrected chi connectivity index (χ1v) is 8.55. The van der Waals surface area contributed by atoms with E-state index in [0.29, 0.717) is 0 Å². The van der Waals surface area contributed by atoms with Gasteiger partial charge in [-0.25, -0.2) is 0 Å². The van der Waals surface area contributed by atoms with E-state index in [0.717, 1.165) is 63.0 Å². The van der Waals surface area contributed by atoms with Gasteiger partial charge in [0.2, 0.25) is 0 Å². The molecule has 1 heterocycles. The van der Waals surface area contributed by atoms with Crippen molar-refractivity contribution in [3.8, 4) is 0 Å². The van der Waals surface area contributed by atoms with Crippen molar-refractivity contribution in [3.63, 3.8) is 0 Å². The lowest BCUT2D eigenvalue weighted by atomic mass is 9.93. The molecule has 116 valence electrons. The van der Waals surface area contributed by atoms with Crippen molar-refractivity contribution in [2.24, 2.45) is 4.99 Å². The summed E-state index contributed by atoms with van der Waals surface area (Å²) in [6.07, 6.45) is 13.3. The van der Waals surface area contributed by atoms with Crippen LogP contribution in [0.2, 0.25) is 0 Å². The number of carbonyl (C=O) groups excluding carboxylic acids is 1. The van der Waals surface area contributed by atoms with Crippen molar-refractivity contribution in [3.05, 3.63) is 23.3 Å². The molecule has 1 aliphatic carbocycles. The molecule has 0 bridgehead atoms. The van der Waals surface area contributed by atoms with E-state index < -0.39 is 0 Å². The van der Waals surface area contributed by atoms with Crippen molar-refractivity contribution in [1.29, 1.82) is 0 Å². The van der Waals surface area contributed by atoms with Crippen molar-refractivity contribution in [1.82, 2.24) is 4.90 Å². The van der Waals surface area contributed by atoms with Gasteiger partial charge in [0.1, 0.15) is 5.84 Å². The van der Waals surface area contributed by atoms with Gasteiger partial charge in [0, 0.05) is 18.7 Å². The van der Waals surface area contributed by atoms with Crippen LogP contribution in [0.15, 0.2) is 28.3 Å². The third-order valence-electron chi connectivity index (χ3n) is 4.18. The van der Waals surface area contributed by atoms with Gasteiger partial charge >= 0.3 is 0 Å². The summed E-state index contributed by atoms with van der Waals surface area (Å²) >= 11 is 0. The normalized spacial score (nSPS) is 21.0. The van der Waals surface area contributed by atoms with Crippen LogP contribution >= 0.6 is 0 Å². The van der Waals surface area contributed by atoms with E-state index in [1.165, 1.54) is 18.4 Å². The summed E-state index contributed by atoms with van der Waals surface area (Å²) in [5.74, 6) is 1.07. The van der Waals surface area contributed by atoms with E-state index in [4.69, 9.17) is 0 Å². The zero-order valence-electron chi connectivity index (χ0n) is 13.5. The van der Waals surface area contributed by atoms with Gasteiger partial charge in [0.15, 0.2) is 0 Å². The molecule has 0 aromatic rings. The molecule has 0 saturated heterocycles. The van der Waals surface area contributed by atoms with Crippen LogP contribution in [0.3, 0.4) is 0 Å². The van der Waals surface area contributed by atoms with Crippen LogP contribution in [0.25, 0.3) is 0 Å². The van der Waals surface area contributed by atoms with Gasteiger partial charge in [-0.3, -0.25) is 14.7 Å². The number of aliphatic imine (C=N–C) groups is 1. The number of unbranched alkanes of at least 4 members (excludes halogenated alkanes) is 2. The minimum atomic E-state index is 0.173. The maximum Gasteiger partial charge on any atom is 0.259 e. The molecule has 3 heteroatoms. The van der Waals surface area contributed by atoms with E-state index in [1.807, 2.05) is 11.0 Å². The second-order valence-electron chi connectivity index (χ2n) is 5.94. The fourth-order valence-electron chi connectivity index (χ4n) is 2.85. The zero-order valence-corrected chi connectivity index (χ0v) is 13.5. The van der Waals surface area contributed by atoms with Gasteiger partial charge in [-0.1, -0.05) is 32.8 Å². The SMILES string of the molecule is CCCCN=C1C=C(C2=CCCCC2)C(=O)N1CCCC. The predicted molar refractivity (Wildman–Crippen MR) is 88.5 cm³/mol. The maximum absolute atomic E-state index is 12.7. The lowest BCUT2D eigenvalue weighted by molar-refractivity contribution is -0.122. The average Bonchev–Trinajstić information content (AvgIpc) is 2.83. The van der Waals surface area contributed by atoms with E-state index >= 15 is 0 Å². The molecule has 0 aromatic heterocycles. The Hall–Kier alpha value is -1.38. The average molecular weight is 288 g/mol. The predicted octanol–water partition coefficient (Wildman–Crippen LogP) is 4.25. The van der Waals surface area contributed by atoms with Crippen LogP contribution in [0, 0.1) is 0 Å². The Morgan fingerprint density at radius 1 is 1.19 bits per heavy atom. The highest BCUT2D eigenvalue weighted by Crippen LogP contribution is 2.29.